The lowest BCUT2D eigenvalue weighted by molar-refractivity contribution is 0.0965. The zero-order valence-electron chi connectivity index (χ0n) is 11.1. The predicted molar refractivity (Wildman–Crippen MR) is 73.7 cm³/mol. The van der Waals surface area contributed by atoms with Crippen LogP contribution in [-0.2, 0) is 11.3 Å². The number of fused-ring (bicyclic) bond motifs is 2. The smallest absolute Gasteiger partial charge is 0.413 e. The summed E-state index contributed by atoms with van der Waals surface area (Å²) in [5.41, 5.74) is 2.69. The lowest BCUT2D eigenvalue weighted by atomic mass is 10.0. The zero-order valence-corrected chi connectivity index (χ0v) is 11.1. The maximum absolute atomic E-state index is 11.8. The van der Waals surface area contributed by atoms with Gasteiger partial charge in [-0.3, -0.25) is 14.7 Å². The molecule has 2 heterocycles. The van der Waals surface area contributed by atoms with Crippen LogP contribution in [0.1, 0.15) is 15.9 Å². The largest absolute Gasteiger partial charge is 0.452 e. The molecular formula is C14H13N3O3. The molecule has 0 aliphatic carbocycles. The fourth-order valence-corrected chi connectivity index (χ4v) is 2.50. The van der Waals surface area contributed by atoms with Crippen molar-refractivity contribution in [2.45, 2.75) is 6.54 Å². The van der Waals surface area contributed by atoms with E-state index in [1.54, 1.807) is 25.4 Å². The van der Waals surface area contributed by atoms with Gasteiger partial charge < -0.3 is 10.1 Å². The van der Waals surface area contributed by atoms with Crippen molar-refractivity contribution in [3.63, 3.8) is 0 Å². The summed E-state index contributed by atoms with van der Waals surface area (Å²) < 4.78 is 4.76. The Morgan fingerprint density at radius 1 is 1.50 bits per heavy atom. The number of amides is 2. The number of nitrogens with one attached hydrogen (secondary N) is 1. The first kappa shape index (κ1) is 12.4. The number of rotatable bonds is 1. The van der Waals surface area contributed by atoms with Gasteiger partial charge in [0.1, 0.15) is 0 Å². The molecule has 0 bridgehead atoms. The van der Waals surface area contributed by atoms with Crippen LogP contribution in [0.5, 0.6) is 0 Å². The lowest BCUT2D eigenvalue weighted by Crippen LogP contribution is -2.27. The minimum Gasteiger partial charge on any atom is -0.452 e. The van der Waals surface area contributed by atoms with Gasteiger partial charge in [0.05, 0.1) is 18.3 Å². The van der Waals surface area contributed by atoms with E-state index < -0.39 is 6.09 Å². The highest BCUT2D eigenvalue weighted by molar-refractivity contribution is 6.10. The van der Waals surface area contributed by atoms with Crippen LogP contribution in [0.25, 0.3) is 10.9 Å². The number of ether oxygens (including phenoxy) is 1. The van der Waals surface area contributed by atoms with Crippen molar-refractivity contribution in [2.75, 3.05) is 19.1 Å². The number of methoxy groups -OCH3 is 1. The van der Waals surface area contributed by atoms with Crippen LogP contribution in [0.3, 0.4) is 0 Å². The quantitative estimate of drug-likeness (QED) is 0.856. The van der Waals surface area contributed by atoms with E-state index in [0.717, 1.165) is 10.9 Å². The van der Waals surface area contributed by atoms with E-state index in [9.17, 15) is 9.59 Å². The molecule has 6 heteroatoms. The summed E-state index contributed by atoms with van der Waals surface area (Å²) in [5, 5.41) is 3.58. The molecule has 0 saturated carbocycles. The number of carbonyl (C=O) groups excluding carboxylic acids is 2. The molecule has 2 aromatic rings. The highest BCUT2D eigenvalue weighted by atomic mass is 16.5. The second-order valence-corrected chi connectivity index (χ2v) is 4.53. The molecule has 20 heavy (non-hydrogen) atoms. The van der Waals surface area contributed by atoms with Gasteiger partial charge in [0, 0.05) is 36.3 Å². The summed E-state index contributed by atoms with van der Waals surface area (Å²) in [5.74, 6) is -0.146. The first-order valence-corrected chi connectivity index (χ1v) is 6.14. The van der Waals surface area contributed by atoms with E-state index in [1.807, 2.05) is 6.07 Å². The average Bonchev–Trinajstić information content (AvgIpc) is 2.84. The maximum atomic E-state index is 11.8. The molecule has 1 aliphatic rings. The molecule has 102 valence electrons. The van der Waals surface area contributed by atoms with Crippen LogP contribution < -0.4 is 10.2 Å². The molecule has 0 atom stereocenters. The van der Waals surface area contributed by atoms with E-state index in [4.69, 9.17) is 4.74 Å². The monoisotopic (exact) mass is 271 g/mol. The third kappa shape index (κ3) is 1.69. The van der Waals surface area contributed by atoms with Gasteiger partial charge in [0.2, 0.25) is 0 Å². The predicted octanol–water partition coefficient (Wildman–Crippen LogP) is 1.68. The summed E-state index contributed by atoms with van der Waals surface area (Å²) in [4.78, 5) is 29.3. The van der Waals surface area contributed by atoms with Crippen LogP contribution in [0.2, 0.25) is 0 Å². The number of anilines is 1. The Bertz CT molecular complexity index is 727. The number of carbonyl (C=O) groups is 2. The van der Waals surface area contributed by atoms with Gasteiger partial charge in [-0.05, 0) is 18.2 Å². The Morgan fingerprint density at radius 3 is 3.05 bits per heavy atom. The Kier molecular flexibility index (Phi) is 2.78. The molecule has 0 fully saturated rings. The molecule has 6 nitrogen and oxygen atoms in total. The Morgan fingerprint density at radius 2 is 2.30 bits per heavy atom. The Hall–Kier alpha value is -2.63. The molecule has 2 amide bonds. The molecule has 0 saturated heterocycles. The van der Waals surface area contributed by atoms with E-state index in [1.165, 1.54) is 12.0 Å². The van der Waals surface area contributed by atoms with Crippen molar-refractivity contribution >= 4 is 28.6 Å². The van der Waals surface area contributed by atoms with Crippen LogP contribution in [0, 0.1) is 0 Å². The van der Waals surface area contributed by atoms with Crippen molar-refractivity contribution in [1.82, 2.24) is 10.3 Å². The third-order valence-corrected chi connectivity index (χ3v) is 3.44. The van der Waals surface area contributed by atoms with Gasteiger partial charge in [-0.25, -0.2) is 4.79 Å². The van der Waals surface area contributed by atoms with Crippen molar-refractivity contribution in [3.05, 3.63) is 35.5 Å². The summed E-state index contributed by atoms with van der Waals surface area (Å²) in [6.45, 7) is 0.398. The van der Waals surface area contributed by atoms with E-state index in [-0.39, 0.29) is 5.91 Å². The molecule has 1 N–H and O–H groups in total. The molecule has 0 spiro atoms. The third-order valence-electron chi connectivity index (χ3n) is 3.44. The molecule has 3 rings (SSSR count). The van der Waals surface area contributed by atoms with Gasteiger partial charge in [-0.2, -0.15) is 0 Å². The minimum absolute atomic E-state index is 0.146. The number of nitrogens with zero attached hydrogens (tertiary/aromatic N) is 2. The zero-order chi connectivity index (χ0) is 14.3. The summed E-state index contributed by atoms with van der Waals surface area (Å²) >= 11 is 0. The normalized spacial score (nSPS) is 13.0. The van der Waals surface area contributed by atoms with Crippen LogP contribution in [0.15, 0.2) is 24.4 Å². The standard InChI is InChI=1S/C14H13N3O3/c1-17(14(19)20-2)12-8-4-3-5-15-11(8)6-9-10(12)7-16-13(9)18/h3-6H,7H2,1-2H3,(H,16,18). The van der Waals surface area contributed by atoms with Crippen LogP contribution in [0.4, 0.5) is 10.5 Å². The van der Waals surface area contributed by atoms with Crippen molar-refractivity contribution in [1.29, 1.82) is 0 Å². The first-order chi connectivity index (χ1) is 9.63. The van der Waals surface area contributed by atoms with Gasteiger partial charge in [0.15, 0.2) is 0 Å². The number of hydrogen-bond donors (Lipinski definition) is 1. The van der Waals surface area contributed by atoms with Gasteiger partial charge in [-0.15, -0.1) is 0 Å². The minimum atomic E-state index is -0.483. The molecule has 1 aromatic heterocycles. The fraction of sp³-hybridized carbons (Fsp3) is 0.214. The van der Waals surface area contributed by atoms with Crippen molar-refractivity contribution < 1.29 is 14.3 Å². The SMILES string of the molecule is COC(=O)N(C)c1c2c(cc3ncccc13)C(=O)NC2. The molecule has 1 aromatic carbocycles. The number of pyridine rings is 1. The van der Waals surface area contributed by atoms with Crippen molar-refractivity contribution in [3.8, 4) is 0 Å². The fourth-order valence-electron chi connectivity index (χ4n) is 2.50. The lowest BCUT2D eigenvalue weighted by Gasteiger charge is -2.20. The summed E-state index contributed by atoms with van der Waals surface area (Å²) in [7, 11) is 2.95. The second-order valence-electron chi connectivity index (χ2n) is 4.53. The summed E-state index contributed by atoms with van der Waals surface area (Å²) in [6, 6.07) is 5.43. The van der Waals surface area contributed by atoms with Gasteiger partial charge >= 0.3 is 6.09 Å². The molecule has 0 unspecified atom stereocenters. The molecule has 1 aliphatic heterocycles. The first-order valence-electron chi connectivity index (χ1n) is 6.14. The maximum Gasteiger partial charge on any atom is 0.413 e. The van der Waals surface area contributed by atoms with Crippen molar-refractivity contribution in [2.24, 2.45) is 0 Å². The second kappa shape index (κ2) is 4.48. The van der Waals surface area contributed by atoms with E-state index in [0.29, 0.717) is 23.3 Å². The number of hydrogen-bond acceptors (Lipinski definition) is 4. The van der Waals surface area contributed by atoms with Gasteiger partial charge in [-0.1, -0.05) is 0 Å². The summed E-state index contributed by atoms with van der Waals surface area (Å²) in [6.07, 6.45) is 1.17. The van der Waals surface area contributed by atoms with Gasteiger partial charge in [0.25, 0.3) is 5.91 Å². The molecule has 0 radical (unpaired) electrons. The average molecular weight is 271 g/mol. The highest BCUT2D eigenvalue weighted by Gasteiger charge is 2.28. The van der Waals surface area contributed by atoms with Crippen LogP contribution >= 0.6 is 0 Å². The van der Waals surface area contributed by atoms with E-state index in [2.05, 4.69) is 10.3 Å². The Balaban J connectivity index is 2.33. The van der Waals surface area contributed by atoms with Crippen LogP contribution in [-0.4, -0.2) is 31.1 Å². The Labute approximate surface area is 115 Å². The highest BCUT2D eigenvalue weighted by Crippen LogP contribution is 2.34. The topological polar surface area (TPSA) is 71.5 Å². The van der Waals surface area contributed by atoms with E-state index >= 15 is 0 Å². The molecular weight excluding hydrogens is 258 g/mol. The number of benzene rings is 1. The number of aromatic nitrogens is 1.